The number of aliphatic hydroxyl groups is 1. The van der Waals surface area contributed by atoms with Gasteiger partial charge in [0.1, 0.15) is 24.2 Å². The topological polar surface area (TPSA) is 65.7 Å². The second-order valence-electron chi connectivity index (χ2n) is 7.43. The Bertz CT molecular complexity index is 842. The molecule has 0 aliphatic carbocycles. The highest BCUT2D eigenvalue weighted by Gasteiger charge is 2.16. The third-order valence-corrected chi connectivity index (χ3v) is 4.83. The monoisotopic (exact) mass is 380 g/mol. The van der Waals surface area contributed by atoms with Gasteiger partial charge in [-0.25, -0.2) is 0 Å². The van der Waals surface area contributed by atoms with Crippen molar-refractivity contribution in [3.8, 4) is 17.6 Å². The van der Waals surface area contributed by atoms with Gasteiger partial charge in [0, 0.05) is 26.2 Å². The summed E-state index contributed by atoms with van der Waals surface area (Å²) in [6.45, 7) is 7.43. The molecule has 3 rings (SSSR count). The number of nitriles is 1. The molecule has 0 radical (unpaired) electrons. The molecule has 28 heavy (non-hydrogen) atoms. The van der Waals surface area contributed by atoms with Crippen LogP contribution in [0.25, 0.3) is 0 Å². The van der Waals surface area contributed by atoms with Gasteiger partial charge >= 0.3 is 0 Å². The molecule has 0 aromatic heterocycles. The van der Waals surface area contributed by atoms with Crippen LogP contribution in [0, 0.1) is 11.3 Å². The summed E-state index contributed by atoms with van der Waals surface area (Å²) in [5.74, 6) is 1.46. The Labute approximate surface area is 167 Å². The molecule has 0 unspecified atom stereocenters. The zero-order valence-electron chi connectivity index (χ0n) is 16.6. The van der Waals surface area contributed by atoms with Gasteiger partial charge in [0.15, 0.2) is 0 Å². The molecular formula is C23H28N2O3. The molecule has 0 bridgehead atoms. The Morgan fingerprint density at radius 3 is 2.79 bits per heavy atom. The lowest BCUT2D eigenvalue weighted by Gasteiger charge is -2.28. The zero-order valence-corrected chi connectivity index (χ0v) is 16.6. The molecule has 0 saturated carbocycles. The molecule has 2 aromatic rings. The normalized spacial score (nSPS) is 13.8. The highest BCUT2D eigenvalue weighted by atomic mass is 16.5. The number of hydrogen-bond acceptors (Lipinski definition) is 5. The van der Waals surface area contributed by atoms with Crippen LogP contribution < -0.4 is 9.47 Å². The van der Waals surface area contributed by atoms with Crippen molar-refractivity contribution in [3.05, 3.63) is 58.7 Å². The number of hydrogen-bond donors (Lipinski definition) is 1. The predicted molar refractivity (Wildman–Crippen MR) is 108 cm³/mol. The maximum absolute atomic E-state index is 9.36. The lowest BCUT2D eigenvalue weighted by atomic mass is 9.99. The molecule has 1 N–H and O–H groups in total. The Hall–Kier alpha value is -2.55. The van der Waals surface area contributed by atoms with E-state index in [1.165, 1.54) is 11.1 Å². The summed E-state index contributed by atoms with van der Waals surface area (Å²) in [7, 11) is 0. The first-order valence-corrected chi connectivity index (χ1v) is 9.86. The highest BCUT2D eigenvalue weighted by Crippen LogP contribution is 2.26. The van der Waals surface area contributed by atoms with Crippen molar-refractivity contribution in [2.24, 2.45) is 0 Å². The summed E-state index contributed by atoms with van der Waals surface area (Å²) in [4.78, 5) is 2.38. The molecule has 1 aliphatic heterocycles. The molecule has 148 valence electrons. The Balaban J connectivity index is 1.62. The summed E-state index contributed by atoms with van der Waals surface area (Å²) >= 11 is 0. The third-order valence-electron chi connectivity index (χ3n) is 4.83. The van der Waals surface area contributed by atoms with Gasteiger partial charge in [-0.1, -0.05) is 12.1 Å². The van der Waals surface area contributed by atoms with Crippen LogP contribution in [0.5, 0.6) is 11.5 Å². The first-order valence-electron chi connectivity index (χ1n) is 9.86. The largest absolute Gasteiger partial charge is 0.490 e. The molecular weight excluding hydrogens is 352 g/mol. The minimum Gasteiger partial charge on any atom is -0.490 e. The van der Waals surface area contributed by atoms with Gasteiger partial charge in [0.05, 0.1) is 11.7 Å². The fourth-order valence-electron chi connectivity index (χ4n) is 3.44. The van der Waals surface area contributed by atoms with Crippen LogP contribution in [-0.4, -0.2) is 35.8 Å². The Morgan fingerprint density at radius 1 is 1.18 bits per heavy atom. The first kappa shape index (κ1) is 20.2. The van der Waals surface area contributed by atoms with Gasteiger partial charge in [-0.2, -0.15) is 5.26 Å². The molecule has 0 atom stereocenters. The van der Waals surface area contributed by atoms with Crippen molar-refractivity contribution in [1.29, 1.82) is 5.26 Å². The summed E-state index contributed by atoms with van der Waals surface area (Å²) in [5.41, 5.74) is 4.14. The van der Waals surface area contributed by atoms with Crippen molar-refractivity contribution in [1.82, 2.24) is 4.90 Å². The standard InChI is InChI=1S/C23H28N2O3/c1-17(2)28-23-7-4-18(12-21(23)14-24)16-27-22-6-5-20-15-25(9-3-11-26)10-8-19(20)13-22/h4-7,12-13,17,26H,3,8-11,15-16H2,1-2H3. The summed E-state index contributed by atoms with van der Waals surface area (Å²) < 4.78 is 11.6. The number of ether oxygens (including phenoxy) is 2. The van der Waals surface area contributed by atoms with E-state index in [4.69, 9.17) is 14.6 Å². The van der Waals surface area contributed by atoms with Gasteiger partial charge in [0.2, 0.25) is 0 Å². The second-order valence-corrected chi connectivity index (χ2v) is 7.43. The predicted octanol–water partition coefficient (Wildman–Crippen LogP) is 3.66. The lowest BCUT2D eigenvalue weighted by molar-refractivity contribution is 0.212. The molecule has 1 aliphatic rings. The summed E-state index contributed by atoms with van der Waals surface area (Å²) in [5, 5.41) is 18.4. The minimum absolute atomic E-state index is 0.0317. The number of aliphatic hydroxyl groups excluding tert-OH is 1. The molecule has 2 aromatic carbocycles. The smallest absolute Gasteiger partial charge is 0.137 e. The van der Waals surface area contributed by atoms with Gasteiger partial charge < -0.3 is 14.6 Å². The Kier molecular flexibility index (Phi) is 6.91. The van der Waals surface area contributed by atoms with E-state index in [9.17, 15) is 5.26 Å². The van der Waals surface area contributed by atoms with Crippen LogP contribution in [0.3, 0.4) is 0 Å². The van der Waals surface area contributed by atoms with Crippen molar-refractivity contribution in [3.63, 3.8) is 0 Å². The van der Waals surface area contributed by atoms with E-state index >= 15 is 0 Å². The minimum atomic E-state index is 0.0317. The van der Waals surface area contributed by atoms with Crippen LogP contribution in [0.1, 0.15) is 42.5 Å². The van der Waals surface area contributed by atoms with E-state index < -0.39 is 0 Å². The SMILES string of the molecule is CC(C)Oc1ccc(COc2ccc3c(c2)CCN(CCCO)C3)cc1C#N. The lowest BCUT2D eigenvalue weighted by Crippen LogP contribution is -2.31. The van der Waals surface area contributed by atoms with E-state index in [2.05, 4.69) is 23.1 Å². The molecule has 0 saturated heterocycles. The van der Waals surface area contributed by atoms with Gasteiger partial charge in [0.25, 0.3) is 0 Å². The van der Waals surface area contributed by atoms with Crippen LogP contribution in [0.4, 0.5) is 0 Å². The van der Waals surface area contributed by atoms with E-state index in [1.54, 1.807) is 0 Å². The van der Waals surface area contributed by atoms with Crippen molar-refractivity contribution in [2.45, 2.75) is 45.9 Å². The van der Waals surface area contributed by atoms with Crippen molar-refractivity contribution in [2.75, 3.05) is 19.7 Å². The molecule has 0 fully saturated rings. The number of fused-ring (bicyclic) bond motifs is 1. The maximum Gasteiger partial charge on any atom is 0.137 e. The maximum atomic E-state index is 9.36. The van der Waals surface area contributed by atoms with Crippen molar-refractivity contribution < 1.29 is 14.6 Å². The van der Waals surface area contributed by atoms with E-state index in [-0.39, 0.29) is 12.7 Å². The van der Waals surface area contributed by atoms with E-state index in [0.29, 0.717) is 17.9 Å². The number of nitrogens with zero attached hydrogens (tertiary/aromatic N) is 2. The first-order chi connectivity index (χ1) is 13.6. The molecule has 0 amide bonds. The molecule has 5 nitrogen and oxygen atoms in total. The van der Waals surface area contributed by atoms with E-state index in [0.717, 1.165) is 43.8 Å². The van der Waals surface area contributed by atoms with Crippen LogP contribution >= 0.6 is 0 Å². The number of benzene rings is 2. The second kappa shape index (κ2) is 9.59. The summed E-state index contributed by atoms with van der Waals surface area (Å²) in [6, 6.07) is 14.1. The highest BCUT2D eigenvalue weighted by molar-refractivity contribution is 5.45. The summed E-state index contributed by atoms with van der Waals surface area (Å²) in [6.07, 6.45) is 1.85. The molecule has 0 spiro atoms. The fourth-order valence-corrected chi connectivity index (χ4v) is 3.44. The van der Waals surface area contributed by atoms with Crippen molar-refractivity contribution >= 4 is 0 Å². The number of rotatable bonds is 8. The van der Waals surface area contributed by atoms with Gasteiger partial charge in [-0.05, 0) is 67.6 Å². The Morgan fingerprint density at radius 2 is 2.04 bits per heavy atom. The van der Waals surface area contributed by atoms with Crippen LogP contribution in [-0.2, 0) is 19.6 Å². The van der Waals surface area contributed by atoms with Gasteiger partial charge in [-0.3, -0.25) is 4.90 Å². The third kappa shape index (κ3) is 5.25. The van der Waals surface area contributed by atoms with Crippen LogP contribution in [0.2, 0.25) is 0 Å². The quantitative estimate of drug-likeness (QED) is 0.757. The molecule has 5 heteroatoms. The fraction of sp³-hybridized carbons (Fsp3) is 0.435. The van der Waals surface area contributed by atoms with Gasteiger partial charge in [-0.15, -0.1) is 0 Å². The average Bonchev–Trinajstić information content (AvgIpc) is 2.70. The average molecular weight is 380 g/mol. The molecule has 1 heterocycles. The zero-order chi connectivity index (χ0) is 19.9. The van der Waals surface area contributed by atoms with Crippen LogP contribution in [0.15, 0.2) is 36.4 Å². The van der Waals surface area contributed by atoms with E-state index in [1.807, 2.05) is 38.1 Å².